The number of benzene rings is 1. The molecule has 0 unspecified atom stereocenters. The maximum absolute atomic E-state index is 12.5. The second kappa shape index (κ2) is 6.02. The van der Waals surface area contributed by atoms with Gasteiger partial charge in [-0.1, -0.05) is 26.8 Å². The molecule has 0 spiro atoms. The molecule has 3 aromatic rings. The first-order valence-corrected chi connectivity index (χ1v) is 7.96. The van der Waals surface area contributed by atoms with Crippen LogP contribution in [0.4, 0.5) is 5.69 Å². The third-order valence-corrected chi connectivity index (χ3v) is 4.04. The van der Waals surface area contributed by atoms with Crippen molar-refractivity contribution >= 4 is 17.4 Å². The fraction of sp³-hybridized carbons (Fsp3) is 0.263. The monoisotopic (exact) mass is 333 g/mol. The third-order valence-electron chi connectivity index (χ3n) is 4.04. The van der Waals surface area contributed by atoms with Gasteiger partial charge in [-0.05, 0) is 24.6 Å². The van der Waals surface area contributed by atoms with Crippen LogP contribution in [0.2, 0.25) is 0 Å². The first-order valence-electron chi connectivity index (χ1n) is 7.96. The average Bonchev–Trinajstić information content (AvgIpc) is 2.98. The second-order valence-corrected chi connectivity index (χ2v) is 6.97. The summed E-state index contributed by atoms with van der Waals surface area (Å²) >= 11 is 0. The number of nitrogens with zero attached hydrogens (tertiary/aromatic N) is 4. The van der Waals surface area contributed by atoms with Crippen molar-refractivity contribution in [2.24, 2.45) is 0 Å². The fourth-order valence-electron chi connectivity index (χ4n) is 2.51. The number of carbonyl (C=O) groups is 1. The zero-order valence-electron chi connectivity index (χ0n) is 14.7. The molecule has 126 valence electrons. The Morgan fingerprint density at radius 2 is 2.04 bits per heavy atom. The number of imidazole rings is 1. The van der Waals surface area contributed by atoms with E-state index < -0.39 is 0 Å². The van der Waals surface area contributed by atoms with Gasteiger partial charge in [0.15, 0.2) is 0 Å². The Kier molecular flexibility index (Phi) is 4.01. The van der Waals surface area contributed by atoms with Crippen LogP contribution in [0, 0.1) is 18.3 Å². The van der Waals surface area contributed by atoms with E-state index in [2.05, 4.69) is 42.1 Å². The molecule has 6 heteroatoms. The van der Waals surface area contributed by atoms with E-state index in [0.717, 1.165) is 5.69 Å². The van der Waals surface area contributed by atoms with E-state index in [4.69, 9.17) is 5.26 Å². The molecule has 1 amide bonds. The zero-order chi connectivity index (χ0) is 18.2. The Balaban J connectivity index is 1.90. The molecule has 6 nitrogen and oxygen atoms in total. The molecule has 0 radical (unpaired) electrons. The number of nitriles is 1. The third kappa shape index (κ3) is 3.22. The number of anilines is 1. The van der Waals surface area contributed by atoms with Crippen molar-refractivity contribution in [2.45, 2.75) is 33.1 Å². The lowest BCUT2D eigenvalue weighted by atomic mass is 9.93. The molecule has 1 aromatic carbocycles. The highest BCUT2D eigenvalue weighted by Gasteiger charge is 2.18. The van der Waals surface area contributed by atoms with Gasteiger partial charge in [0.05, 0.1) is 29.2 Å². The van der Waals surface area contributed by atoms with Gasteiger partial charge in [0.25, 0.3) is 5.91 Å². The SMILES string of the molecule is Cc1c(C#N)cccc1C(=O)Nc1cnc2nc(C(C)(C)C)cn2c1. The van der Waals surface area contributed by atoms with E-state index in [-0.39, 0.29) is 11.3 Å². The molecule has 0 aliphatic carbocycles. The molecule has 0 aliphatic heterocycles. The summed E-state index contributed by atoms with van der Waals surface area (Å²) in [6.45, 7) is 8.02. The highest BCUT2D eigenvalue weighted by atomic mass is 16.1. The molecule has 3 rings (SSSR count). The minimum Gasteiger partial charge on any atom is -0.319 e. The lowest BCUT2D eigenvalue weighted by Gasteiger charge is -2.13. The Morgan fingerprint density at radius 3 is 2.72 bits per heavy atom. The van der Waals surface area contributed by atoms with Gasteiger partial charge in [0.1, 0.15) is 0 Å². The van der Waals surface area contributed by atoms with Crippen LogP contribution < -0.4 is 5.32 Å². The number of carbonyl (C=O) groups excluding carboxylic acids is 1. The van der Waals surface area contributed by atoms with E-state index in [1.807, 2.05) is 6.20 Å². The summed E-state index contributed by atoms with van der Waals surface area (Å²) in [6, 6.07) is 7.19. The largest absolute Gasteiger partial charge is 0.319 e. The van der Waals surface area contributed by atoms with E-state index >= 15 is 0 Å². The number of amides is 1. The number of nitrogens with one attached hydrogen (secondary N) is 1. The molecule has 2 aromatic heterocycles. The molecular formula is C19H19N5O. The first kappa shape index (κ1) is 16.7. The Hall–Kier alpha value is -3.20. The number of hydrogen-bond donors (Lipinski definition) is 1. The Labute approximate surface area is 146 Å². The van der Waals surface area contributed by atoms with Gasteiger partial charge >= 0.3 is 0 Å². The first-order chi connectivity index (χ1) is 11.8. The molecule has 0 bridgehead atoms. The van der Waals surface area contributed by atoms with Gasteiger partial charge in [-0.2, -0.15) is 5.26 Å². The van der Waals surface area contributed by atoms with Crippen LogP contribution in [0.1, 0.15) is 48.0 Å². The lowest BCUT2D eigenvalue weighted by Crippen LogP contribution is -2.14. The van der Waals surface area contributed by atoms with Crippen LogP contribution in [0.3, 0.4) is 0 Å². The van der Waals surface area contributed by atoms with Gasteiger partial charge < -0.3 is 5.32 Å². The number of aromatic nitrogens is 3. The van der Waals surface area contributed by atoms with Gasteiger partial charge in [0, 0.05) is 23.4 Å². The summed E-state index contributed by atoms with van der Waals surface area (Å²) in [7, 11) is 0. The van der Waals surface area contributed by atoms with Gasteiger partial charge in [-0.25, -0.2) is 9.97 Å². The summed E-state index contributed by atoms with van der Waals surface area (Å²) in [5.74, 6) is 0.317. The second-order valence-electron chi connectivity index (χ2n) is 6.97. The summed E-state index contributed by atoms with van der Waals surface area (Å²) in [4.78, 5) is 21.3. The van der Waals surface area contributed by atoms with Crippen molar-refractivity contribution < 1.29 is 4.79 Å². The molecule has 0 atom stereocenters. The summed E-state index contributed by atoms with van der Waals surface area (Å²) in [5.41, 5.74) is 3.05. The Bertz CT molecular complexity index is 1000. The maximum atomic E-state index is 12.5. The minimum atomic E-state index is -0.271. The molecule has 2 heterocycles. The molecule has 1 N–H and O–H groups in total. The number of fused-ring (bicyclic) bond motifs is 1. The highest BCUT2D eigenvalue weighted by molar-refractivity contribution is 6.05. The molecule has 0 fully saturated rings. The summed E-state index contributed by atoms with van der Waals surface area (Å²) in [6.07, 6.45) is 5.28. The normalized spacial score (nSPS) is 11.3. The van der Waals surface area contributed by atoms with E-state index in [9.17, 15) is 4.79 Å². The van der Waals surface area contributed by atoms with E-state index in [0.29, 0.717) is 28.2 Å². The van der Waals surface area contributed by atoms with Crippen molar-refractivity contribution in [3.05, 3.63) is 59.2 Å². The van der Waals surface area contributed by atoms with Crippen molar-refractivity contribution in [3.63, 3.8) is 0 Å². The van der Waals surface area contributed by atoms with Crippen molar-refractivity contribution in [3.8, 4) is 6.07 Å². The van der Waals surface area contributed by atoms with Crippen LogP contribution in [0.5, 0.6) is 0 Å². The fourth-order valence-corrected chi connectivity index (χ4v) is 2.51. The topological polar surface area (TPSA) is 83.1 Å². The van der Waals surface area contributed by atoms with Crippen molar-refractivity contribution in [2.75, 3.05) is 5.32 Å². The van der Waals surface area contributed by atoms with E-state index in [1.54, 1.807) is 41.9 Å². The molecule has 0 saturated heterocycles. The smallest absolute Gasteiger partial charge is 0.256 e. The standard InChI is InChI=1S/C19H19N5O/c1-12-13(8-20)6-5-7-15(12)17(25)22-14-9-21-18-23-16(19(2,3)4)11-24(18)10-14/h5-7,9-11H,1-4H3,(H,22,25). The average molecular weight is 333 g/mol. The van der Waals surface area contributed by atoms with Crippen LogP contribution in [-0.4, -0.2) is 20.3 Å². The number of rotatable bonds is 2. The predicted octanol–water partition coefficient (Wildman–Crippen LogP) is 3.46. The van der Waals surface area contributed by atoms with Crippen molar-refractivity contribution in [1.29, 1.82) is 5.26 Å². The molecule has 0 aliphatic rings. The molecule has 25 heavy (non-hydrogen) atoms. The minimum absolute atomic E-state index is 0.0774. The van der Waals surface area contributed by atoms with Gasteiger partial charge in [0.2, 0.25) is 5.78 Å². The van der Waals surface area contributed by atoms with Gasteiger partial charge in [-0.3, -0.25) is 9.20 Å². The van der Waals surface area contributed by atoms with Crippen LogP contribution in [0.25, 0.3) is 5.78 Å². The molecule has 0 saturated carbocycles. The van der Waals surface area contributed by atoms with Crippen molar-refractivity contribution in [1.82, 2.24) is 14.4 Å². The molecular weight excluding hydrogens is 314 g/mol. The van der Waals surface area contributed by atoms with E-state index in [1.165, 1.54) is 0 Å². The lowest BCUT2D eigenvalue weighted by molar-refractivity contribution is 0.102. The maximum Gasteiger partial charge on any atom is 0.256 e. The quantitative estimate of drug-likeness (QED) is 0.778. The Morgan fingerprint density at radius 1 is 1.28 bits per heavy atom. The van der Waals surface area contributed by atoms with Crippen LogP contribution in [-0.2, 0) is 5.41 Å². The summed E-state index contributed by atoms with van der Waals surface area (Å²) < 4.78 is 1.80. The predicted molar refractivity (Wildman–Crippen MR) is 95.5 cm³/mol. The highest BCUT2D eigenvalue weighted by Crippen LogP contribution is 2.22. The number of hydrogen-bond acceptors (Lipinski definition) is 4. The summed E-state index contributed by atoms with van der Waals surface area (Å²) in [5, 5.41) is 11.9. The van der Waals surface area contributed by atoms with Crippen LogP contribution >= 0.6 is 0 Å². The zero-order valence-corrected chi connectivity index (χ0v) is 14.7. The van der Waals surface area contributed by atoms with Gasteiger partial charge in [-0.15, -0.1) is 0 Å². The van der Waals surface area contributed by atoms with Crippen LogP contribution in [0.15, 0.2) is 36.8 Å².